The number of ether oxygens (including phenoxy) is 1. The second kappa shape index (κ2) is 2.76. The highest BCUT2D eigenvalue weighted by Crippen LogP contribution is 2.38. The Balaban J connectivity index is 2.01. The summed E-state index contributed by atoms with van der Waals surface area (Å²) in [7, 11) is 4.07. The first-order valence-electron chi connectivity index (χ1n) is 4.52. The summed E-state index contributed by atoms with van der Waals surface area (Å²) >= 11 is 0. The molecule has 64 valence electrons. The van der Waals surface area contributed by atoms with Crippen LogP contribution in [0, 0.1) is 11.8 Å². The molecule has 1 unspecified atom stereocenters. The standard InChI is InChI=1S/C9H17NO/c1-10-5-7-3-4-9(11-2)8(7)6-10/h7-9H,3-6H2,1-2H3/t7-,8+,9?/m0/s1. The summed E-state index contributed by atoms with van der Waals surface area (Å²) in [6.45, 7) is 2.55. The van der Waals surface area contributed by atoms with E-state index in [1.165, 1.54) is 25.9 Å². The molecule has 2 rings (SSSR count). The van der Waals surface area contributed by atoms with Crippen LogP contribution in [-0.4, -0.2) is 38.3 Å². The van der Waals surface area contributed by atoms with Gasteiger partial charge < -0.3 is 9.64 Å². The molecule has 1 saturated carbocycles. The van der Waals surface area contributed by atoms with Crippen LogP contribution in [0.2, 0.25) is 0 Å². The smallest absolute Gasteiger partial charge is 0.0615 e. The molecule has 2 aliphatic rings. The van der Waals surface area contributed by atoms with Gasteiger partial charge in [0.15, 0.2) is 0 Å². The molecule has 1 saturated heterocycles. The largest absolute Gasteiger partial charge is 0.381 e. The van der Waals surface area contributed by atoms with Crippen LogP contribution in [0.4, 0.5) is 0 Å². The fourth-order valence-corrected chi connectivity index (χ4v) is 2.73. The van der Waals surface area contributed by atoms with E-state index < -0.39 is 0 Å². The van der Waals surface area contributed by atoms with Crippen LogP contribution in [0.15, 0.2) is 0 Å². The van der Waals surface area contributed by atoms with Crippen molar-refractivity contribution in [2.75, 3.05) is 27.2 Å². The maximum atomic E-state index is 5.45. The third-order valence-electron chi connectivity index (χ3n) is 3.28. The van der Waals surface area contributed by atoms with E-state index in [1.807, 2.05) is 7.11 Å². The molecule has 0 bridgehead atoms. The Kier molecular flexibility index (Phi) is 1.90. The monoisotopic (exact) mass is 155 g/mol. The average Bonchev–Trinajstić information content (AvgIpc) is 2.45. The van der Waals surface area contributed by atoms with Crippen molar-refractivity contribution in [3.63, 3.8) is 0 Å². The van der Waals surface area contributed by atoms with Gasteiger partial charge in [0.25, 0.3) is 0 Å². The zero-order chi connectivity index (χ0) is 7.84. The molecular formula is C9H17NO. The van der Waals surface area contributed by atoms with Crippen LogP contribution in [0.5, 0.6) is 0 Å². The van der Waals surface area contributed by atoms with Crippen molar-refractivity contribution in [3.8, 4) is 0 Å². The van der Waals surface area contributed by atoms with Crippen molar-refractivity contribution < 1.29 is 4.74 Å². The van der Waals surface area contributed by atoms with Gasteiger partial charge in [-0.05, 0) is 25.8 Å². The average molecular weight is 155 g/mol. The summed E-state index contributed by atoms with van der Waals surface area (Å²) in [5, 5.41) is 0. The molecule has 0 spiro atoms. The summed E-state index contributed by atoms with van der Waals surface area (Å²) in [5.74, 6) is 1.77. The van der Waals surface area contributed by atoms with Crippen molar-refractivity contribution in [1.82, 2.24) is 4.90 Å². The number of likely N-dealkylation sites (tertiary alicyclic amines) is 1. The molecule has 3 atom stereocenters. The van der Waals surface area contributed by atoms with Gasteiger partial charge in [0.2, 0.25) is 0 Å². The van der Waals surface area contributed by atoms with E-state index in [0.29, 0.717) is 6.10 Å². The molecule has 2 nitrogen and oxygen atoms in total. The highest BCUT2D eigenvalue weighted by molar-refractivity contribution is 4.93. The molecule has 1 aliphatic heterocycles. The van der Waals surface area contributed by atoms with Crippen LogP contribution in [0.3, 0.4) is 0 Å². The molecular weight excluding hydrogens is 138 g/mol. The lowest BCUT2D eigenvalue weighted by Gasteiger charge is -2.16. The van der Waals surface area contributed by atoms with Crippen LogP contribution >= 0.6 is 0 Å². The minimum atomic E-state index is 0.560. The molecule has 0 aromatic carbocycles. The van der Waals surface area contributed by atoms with Gasteiger partial charge in [-0.15, -0.1) is 0 Å². The molecule has 0 amide bonds. The second-order valence-electron chi connectivity index (χ2n) is 4.00. The van der Waals surface area contributed by atoms with E-state index in [0.717, 1.165) is 11.8 Å². The van der Waals surface area contributed by atoms with Crippen LogP contribution in [0.1, 0.15) is 12.8 Å². The Hall–Kier alpha value is -0.0800. The van der Waals surface area contributed by atoms with E-state index >= 15 is 0 Å². The summed E-state index contributed by atoms with van der Waals surface area (Å²) < 4.78 is 5.45. The van der Waals surface area contributed by atoms with E-state index in [2.05, 4.69) is 11.9 Å². The van der Waals surface area contributed by atoms with E-state index in [1.54, 1.807) is 0 Å². The topological polar surface area (TPSA) is 12.5 Å². The number of rotatable bonds is 1. The molecule has 0 N–H and O–H groups in total. The molecule has 0 radical (unpaired) electrons. The maximum absolute atomic E-state index is 5.45. The predicted octanol–water partition coefficient (Wildman–Crippen LogP) is 0.973. The number of hydrogen-bond acceptors (Lipinski definition) is 2. The number of methoxy groups -OCH3 is 1. The van der Waals surface area contributed by atoms with Crippen LogP contribution in [-0.2, 0) is 4.74 Å². The Bertz CT molecular complexity index is 146. The number of fused-ring (bicyclic) bond motifs is 1. The SMILES string of the molecule is COC1CC[C@H]2CN(C)C[C@@H]12. The fraction of sp³-hybridized carbons (Fsp3) is 1.00. The maximum Gasteiger partial charge on any atom is 0.0615 e. The first-order valence-corrected chi connectivity index (χ1v) is 4.52. The van der Waals surface area contributed by atoms with E-state index in [4.69, 9.17) is 4.74 Å². The third kappa shape index (κ3) is 1.18. The van der Waals surface area contributed by atoms with Crippen LogP contribution in [0.25, 0.3) is 0 Å². The minimum Gasteiger partial charge on any atom is -0.381 e. The predicted molar refractivity (Wildman–Crippen MR) is 44.5 cm³/mol. The second-order valence-corrected chi connectivity index (χ2v) is 4.00. The molecule has 2 fully saturated rings. The number of hydrogen-bond donors (Lipinski definition) is 0. The van der Waals surface area contributed by atoms with Gasteiger partial charge >= 0.3 is 0 Å². The molecule has 1 heterocycles. The lowest BCUT2D eigenvalue weighted by atomic mass is 9.99. The van der Waals surface area contributed by atoms with Gasteiger partial charge in [0.05, 0.1) is 6.10 Å². The van der Waals surface area contributed by atoms with Gasteiger partial charge in [-0.1, -0.05) is 0 Å². The first-order chi connectivity index (χ1) is 5.31. The quantitative estimate of drug-likeness (QED) is 0.559. The lowest BCUT2D eigenvalue weighted by molar-refractivity contribution is 0.0677. The van der Waals surface area contributed by atoms with Crippen molar-refractivity contribution >= 4 is 0 Å². The zero-order valence-corrected chi connectivity index (χ0v) is 7.42. The Morgan fingerprint density at radius 2 is 2.09 bits per heavy atom. The highest BCUT2D eigenvalue weighted by atomic mass is 16.5. The molecule has 1 aliphatic carbocycles. The van der Waals surface area contributed by atoms with Crippen molar-refractivity contribution in [2.45, 2.75) is 18.9 Å². The van der Waals surface area contributed by atoms with E-state index in [9.17, 15) is 0 Å². The molecule has 0 aromatic heterocycles. The van der Waals surface area contributed by atoms with Crippen molar-refractivity contribution in [1.29, 1.82) is 0 Å². The highest BCUT2D eigenvalue weighted by Gasteiger charge is 2.41. The van der Waals surface area contributed by atoms with Gasteiger partial charge in [-0.3, -0.25) is 0 Å². The summed E-state index contributed by atoms with van der Waals surface area (Å²) in [5.41, 5.74) is 0. The zero-order valence-electron chi connectivity index (χ0n) is 7.42. The van der Waals surface area contributed by atoms with Gasteiger partial charge in [0, 0.05) is 26.1 Å². The first kappa shape index (κ1) is 7.56. The number of nitrogens with zero attached hydrogens (tertiary/aromatic N) is 1. The molecule has 2 heteroatoms. The summed E-state index contributed by atoms with van der Waals surface area (Å²) in [6, 6.07) is 0. The van der Waals surface area contributed by atoms with E-state index in [-0.39, 0.29) is 0 Å². The summed E-state index contributed by atoms with van der Waals surface area (Å²) in [6.07, 6.45) is 3.23. The van der Waals surface area contributed by atoms with Gasteiger partial charge in [-0.25, -0.2) is 0 Å². The van der Waals surface area contributed by atoms with Gasteiger partial charge in [-0.2, -0.15) is 0 Å². The normalized spacial score (nSPS) is 44.7. The lowest BCUT2D eigenvalue weighted by Crippen LogP contribution is -2.23. The molecule has 0 aromatic rings. The Morgan fingerprint density at radius 3 is 2.82 bits per heavy atom. The Labute approximate surface area is 68.5 Å². The summed E-state index contributed by atoms with van der Waals surface area (Å²) in [4.78, 5) is 2.43. The van der Waals surface area contributed by atoms with Gasteiger partial charge in [0.1, 0.15) is 0 Å². The van der Waals surface area contributed by atoms with Crippen molar-refractivity contribution in [2.24, 2.45) is 11.8 Å². The third-order valence-corrected chi connectivity index (χ3v) is 3.28. The Morgan fingerprint density at radius 1 is 1.27 bits per heavy atom. The fourth-order valence-electron chi connectivity index (χ4n) is 2.73. The minimum absolute atomic E-state index is 0.560. The van der Waals surface area contributed by atoms with Crippen LogP contribution < -0.4 is 0 Å². The molecule has 11 heavy (non-hydrogen) atoms. The van der Waals surface area contributed by atoms with Crippen molar-refractivity contribution in [3.05, 3.63) is 0 Å².